The highest BCUT2D eigenvalue weighted by atomic mass is 32.3. The van der Waals surface area contributed by atoms with Crippen LogP contribution in [0.3, 0.4) is 0 Å². The Morgan fingerprint density at radius 1 is 0.482 bits per heavy atom. The van der Waals surface area contributed by atoms with Crippen molar-refractivity contribution in [3.05, 3.63) is 125 Å². The summed E-state index contributed by atoms with van der Waals surface area (Å²) in [7, 11) is -5.02. The lowest BCUT2D eigenvalue weighted by Gasteiger charge is -2.33. The number of aromatic hydroxyl groups is 2. The van der Waals surface area contributed by atoms with Crippen LogP contribution in [-0.4, -0.2) is 223 Å². The van der Waals surface area contributed by atoms with Gasteiger partial charge in [-0.05, 0) is 109 Å². The maximum atomic E-state index is 15.2. The summed E-state index contributed by atoms with van der Waals surface area (Å²) >= 11 is 0. The Balaban J connectivity index is 1.48. The van der Waals surface area contributed by atoms with Crippen LogP contribution >= 0.6 is 0 Å². The zero-order valence-electron chi connectivity index (χ0n) is 62.7. The monoisotopic (exact) mass is 1620 g/mol. The number of phenolic OH excluding ortho intramolecular Hbond substituents is 2. The largest absolute Gasteiger partial charge is 0.508 e. The normalized spacial score (nSPS) is 15.4. The summed E-state index contributed by atoms with van der Waals surface area (Å²) in [5, 5.41) is 84.1. The second-order valence-corrected chi connectivity index (χ2v) is 28.6. The molecule has 114 heavy (non-hydrogen) atoms. The van der Waals surface area contributed by atoms with E-state index in [1.165, 1.54) is 60.7 Å². The number of phenols is 2. The van der Waals surface area contributed by atoms with E-state index in [0.29, 0.717) is 16.7 Å². The Labute approximate surface area is 654 Å². The highest BCUT2D eigenvalue weighted by molar-refractivity contribution is 7.81. The van der Waals surface area contributed by atoms with Crippen molar-refractivity contribution in [3.63, 3.8) is 0 Å². The van der Waals surface area contributed by atoms with Crippen molar-refractivity contribution in [1.82, 2.24) is 58.1 Å². The summed E-state index contributed by atoms with van der Waals surface area (Å²) in [5.41, 5.74) is 11.8. The summed E-state index contributed by atoms with van der Waals surface area (Å²) in [5.74, 6) is -20.6. The Bertz CT molecular complexity index is 4190. The number of nitrogens with one attached hydrogen (secondary N) is 10. The molecule has 5 rings (SSSR count). The van der Waals surface area contributed by atoms with E-state index in [1.54, 1.807) is 58.0 Å². The van der Waals surface area contributed by atoms with Gasteiger partial charge in [-0.25, -0.2) is 4.79 Å². The Morgan fingerprint density at radius 3 is 1.28 bits per heavy atom. The van der Waals surface area contributed by atoms with E-state index in [4.69, 9.17) is 11.5 Å². The third-order valence-corrected chi connectivity index (χ3v) is 18.6. The number of carbonyl (C=O) groups excluding carboxylic acids is 12. The maximum Gasteiger partial charge on any atom is 0.446 e. The SMILES string of the molecule is CC[C@H](C)[C@H](NC(=O)[C@H](CCC(=O)O)NC(=O)[C@H](CCC(=O)O)NC(=O)[C@H](Cc1ccccc1)NC(=O)[C@H](CC(=O)O)NC(=O)CN)C(=O)N1CCC[C@H]1C(=O)N[C@@H](Cc1ccc(O)cc1)C(=O)N[C@@H](Cc1ccc(O)cc1)C(=O)N[C@@H](Cc1ccc(OS(=O)(=O)O)cc1)C(=O)N[C@@H](CC(C)C)C(=O)N[C@@H](CCC(N)=O)C(=O)O. The third-order valence-electron chi connectivity index (χ3n) is 18.2. The van der Waals surface area contributed by atoms with Gasteiger partial charge < -0.3 is 104 Å². The molecule has 4 aromatic carbocycles. The molecule has 0 aromatic heterocycles. The average Bonchev–Trinajstić information content (AvgIpc) is 1.58. The zero-order valence-corrected chi connectivity index (χ0v) is 63.6. The van der Waals surface area contributed by atoms with Crippen LogP contribution in [0.1, 0.15) is 121 Å². The van der Waals surface area contributed by atoms with Crippen LogP contribution in [0.25, 0.3) is 0 Å². The number of aliphatic carboxylic acids is 4. The first-order valence-corrected chi connectivity index (χ1v) is 37.6. The smallest absolute Gasteiger partial charge is 0.446 e. The van der Waals surface area contributed by atoms with Gasteiger partial charge in [0, 0.05) is 51.5 Å². The van der Waals surface area contributed by atoms with E-state index >= 15 is 14.4 Å². The van der Waals surface area contributed by atoms with Crippen molar-refractivity contribution in [2.45, 2.75) is 190 Å². The first-order valence-electron chi connectivity index (χ1n) is 36.3. The maximum absolute atomic E-state index is 15.2. The van der Waals surface area contributed by atoms with Crippen LogP contribution in [0.4, 0.5) is 0 Å². The number of hydrogen-bond acceptors (Lipinski definition) is 22. The van der Waals surface area contributed by atoms with Crippen molar-refractivity contribution >= 4 is 105 Å². The number of hydrogen-bond donors (Lipinski definition) is 19. The number of carboxylic acids is 4. The summed E-state index contributed by atoms with van der Waals surface area (Å²) in [6, 6.07) is 4.82. The summed E-state index contributed by atoms with van der Waals surface area (Å²) in [4.78, 5) is 219. The average molecular weight is 1620 g/mol. The van der Waals surface area contributed by atoms with Crippen LogP contribution < -0.4 is 68.8 Å². The van der Waals surface area contributed by atoms with Gasteiger partial charge in [0.1, 0.15) is 83.7 Å². The second-order valence-electron chi connectivity index (χ2n) is 27.6. The molecule has 12 amide bonds. The quantitative estimate of drug-likeness (QED) is 0.0213. The number of benzene rings is 4. The van der Waals surface area contributed by atoms with Crippen LogP contribution in [0.5, 0.6) is 17.2 Å². The van der Waals surface area contributed by atoms with Crippen molar-refractivity contribution in [2.24, 2.45) is 23.3 Å². The van der Waals surface area contributed by atoms with E-state index in [9.17, 15) is 106 Å². The second kappa shape index (κ2) is 44.6. The van der Waals surface area contributed by atoms with E-state index in [0.717, 1.165) is 17.0 Å². The van der Waals surface area contributed by atoms with Gasteiger partial charge in [-0.1, -0.05) is 101 Å². The van der Waals surface area contributed by atoms with Gasteiger partial charge in [0.05, 0.1) is 13.0 Å². The molecule has 1 fully saturated rings. The first kappa shape index (κ1) is 92.3. The minimum absolute atomic E-state index is 0.0581. The molecule has 0 spiro atoms. The lowest BCUT2D eigenvalue weighted by Crippen LogP contribution is -2.61. The fourth-order valence-corrected chi connectivity index (χ4v) is 12.4. The molecule has 620 valence electrons. The van der Waals surface area contributed by atoms with E-state index in [-0.39, 0.29) is 73.8 Å². The summed E-state index contributed by atoms with van der Waals surface area (Å²) < 4.78 is 37.0. The molecule has 0 unspecified atom stereocenters. The summed E-state index contributed by atoms with van der Waals surface area (Å²) in [6.07, 6.45) is -6.30. The predicted octanol–water partition coefficient (Wildman–Crippen LogP) is -2.01. The van der Waals surface area contributed by atoms with Gasteiger partial charge in [0.25, 0.3) is 0 Å². The molecule has 21 N–H and O–H groups in total. The van der Waals surface area contributed by atoms with Crippen LogP contribution in [-0.2, 0) is 113 Å². The summed E-state index contributed by atoms with van der Waals surface area (Å²) in [6.45, 7) is 5.75. The first-order chi connectivity index (χ1) is 53.7. The highest BCUT2D eigenvalue weighted by Gasteiger charge is 2.43. The van der Waals surface area contributed by atoms with E-state index in [1.807, 2.05) is 0 Å². The fourth-order valence-electron chi connectivity index (χ4n) is 12.0. The number of carboxylic acid groups (broad SMARTS) is 4. The number of rotatable bonds is 47. The van der Waals surface area contributed by atoms with Crippen molar-refractivity contribution < 1.29 is 125 Å². The molecule has 39 nitrogen and oxygen atoms in total. The molecule has 0 saturated carbocycles. The molecular weight excluding hydrogens is 1520 g/mol. The minimum Gasteiger partial charge on any atom is -0.508 e. The molecule has 1 aliphatic heterocycles. The van der Waals surface area contributed by atoms with Crippen molar-refractivity contribution in [1.29, 1.82) is 0 Å². The number of likely N-dealkylation sites (tertiary alicyclic amines) is 1. The minimum atomic E-state index is -5.02. The molecule has 0 aliphatic carbocycles. The van der Waals surface area contributed by atoms with Crippen LogP contribution in [0, 0.1) is 11.8 Å². The number of carbonyl (C=O) groups is 16. The number of nitrogens with two attached hydrogens (primary N) is 2. The molecule has 40 heteroatoms. The third kappa shape index (κ3) is 31.4. The van der Waals surface area contributed by atoms with E-state index < -0.39 is 242 Å². The number of primary amides is 1. The number of nitrogens with zero attached hydrogens (tertiary/aromatic N) is 1. The molecule has 4 aromatic rings. The van der Waals surface area contributed by atoms with Crippen LogP contribution in [0.2, 0.25) is 0 Å². The van der Waals surface area contributed by atoms with Gasteiger partial charge in [-0.2, -0.15) is 8.42 Å². The topological polar surface area (TPSA) is 634 Å². The molecule has 0 bridgehead atoms. The van der Waals surface area contributed by atoms with Gasteiger partial charge in [-0.15, -0.1) is 0 Å². The van der Waals surface area contributed by atoms with Gasteiger partial charge in [0.2, 0.25) is 70.9 Å². The molecule has 12 atom stereocenters. The lowest BCUT2D eigenvalue weighted by molar-refractivity contribution is -0.144. The van der Waals surface area contributed by atoms with Crippen LogP contribution in [0.15, 0.2) is 103 Å². The van der Waals surface area contributed by atoms with E-state index in [2.05, 4.69) is 57.4 Å². The lowest BCUT2D eigenvalue weighted by atomic mass is 9.96. The number of amides is 12. The molecule has 0 radical (unpaired) electrons. The molecule has 1 saturated heterocycles. The standard InChI is InChI=1S/C74H97N13O26S/c1-5-40(4)63(86-65(99)49(27-30-61(94)95)78-64(98)48(26-29-60(92)93)79-67(101)52(33-41-10-7-6-8-11-41)84-71(105)56(37-62(96)97)77-59(91)38-75)73(107)87-31-9-12-57(87)72(106)85-55(35-43-15-21-46(89)22-16-43)70(104)83-53(34-42-13-19-45(88)20-14-42)69(103)82-54(36-44-17-23-47(24-18-44)113-114(110,111)112)68(102)81-51(32-39(2)3)66(100)80-50(74(108)109)25-28-58(76)90/h6-8,10-11,13-24,39-40,48-57,63,88-89H,5,9,12,25-38,75H2,1-4H3,(H2,76,90)(H,77,91)(H,78,98)(H,79,101)(H,80,100)(H,81,102)(H,82,103)(H,83,104)(H,84,105)(H,85,106)(H,86,99)(H,92,93)(H,94,95)(H,96,97)(H,108,109)(H,110,111,112)/t40-,48-,49-,50-,51-,52-,53-,54-,55-,56-,57-,63-/m0/s1. The fraction of sp³-hybridized carbons (Fsp3) is 0.459. The zero-order chi connectivity index (χ0) is 84.7. The van der Waals surface area contributed by atoms with Crippen molar-refractivity contribution in [3.8, 4) is 17.2 Å². The van der Waals surface area contributed by atoms with Gasteiger partial charge >= 0.3 is 34.3 Å². The van der Waals surface area contributed by atoms with Crippen molar-refractivity contribution in [2.75, 3.05) is 13.1 Å². The predicted molar refractivity (Wildman–Crippen MR) is 400 cm³/mol. The Kier molecular flexibility index (Phi) is 36.1. The Morgan fingerprint density at radius 2 is 0.868 bits per heavy atom. The highest BCUT2D eigenvalue weighted by Crippen LogP contribution is 2.24. The van der Waals surface area contributed by atoms with Gasteiger partial charge in [-0.3, -0.25) is 76.5 Å². The molecular formula is C74H97N13O26S. The van der Waals surface area contributed by atoms with Gasteiger partial charge in [0.15, 0.2) is 0 Å². The molecule has 1 heterocycles. The Hall–Kier alpha value is -12.3. The molecule has 1 aliphatic rings.